The Morgan fingerprint density at radius 1 is 0.774 bits per heavy atom. The van der Waals surface area contributed by atoms with Crippen LogP contribution in [0.5, 0.6) is 0 Å². The van der Waals surface area contributed by atoms with Crippen molar-refractivity contribution in [3.63, 3.8) is 0 Å². The molecule has 5 aliphatic carbocycles. The Kier molecular flexibility index (Phi) is 4.82. The van der Waals surface area contributed by atoms with Gasteiger partial charge in [-0.25, -0.2) is 0 Å². The summed E-state index contributed by atoms with van der Waals surface area (Å²) in [5.41, 5.74) is 3.43. The van der Waals surface area contributed by atoms with Crippen LogP contribution >= 0.6 is 0 Å². The van der Waals surface area contributed by atoms with Gasteiger partial charge >= 0.3 is 0 Å². The largest absolute Gasteiger partial charge is 0.393 e. The highest BCUT2D eigenvalue weighted by molar-refractivity contribution is 5.21. The molecule has 0 radical (unpaired) electrons. The third kappa shape index (κ3) is 2.65. The van der Waals surface area contributed by atoms with E-state index in [-0.39, 0.29) is 11.5 Å². The third-order valence-electron chi connectivity index (χ3n) is 13.6. The Labute approximate surface area is 192 Å². The molecule has 0 saturated heterocycles. The maximum absolute atomic E-state index is 10.9. The first-order valence-corrected chi connectivity index (χ1v) is 13.7. The Balaban J connectivity index is 1.54. The normalized spacial score (nSPS) is 58.5. The Hall–Kier alpha value is -0.300. The van der Waals surface area contributed by atoms with Crippen LogP contribution in [0.2, 0.25) is 0 Å². The lowest BCUT2D eigenvalue weighted by atomic mass is 9.31. The van der Waals surface area contributed by atoms with E-state index in [1.807, 2.05) is 0 Å². The maximum atomic E-state index is 10.9. The summed E-state index contributed by atoms with van der Waals surface area (Å²) in [5.74, 6) is 3.88. The summed E-state index contributed by atoms with van der Waals surface area (Å²) in [7, 11) is 0. The molecular formula is C30H50O. The fourth-order valence-electron chi connectivity index (χ4n) is 11.4. The van der Waals surface area contributed by atoms with Crippen LogP contribution in [0, 0.1) is 56.7 Å². The van der Waals surface area contributed by atoms with Crippen molar-refractivity contribution in [2.24, 2.45) is 56.7 Å². The quantitative estimate of drug-likeness (QED) is 0.389. The summed E-state index contributed by atoms with van der Waals surface area (Å²) in [4.78, 5) is 0. The molecular weight excluding hydrogens is 376 g/mol. The summed E-state index contributed by atoms with van der Waals surface area (Å²) in [5, 5.41) is 10.9. The topological polar surface area (TPSA) is 20.2 Å². The van der Waals surface area contributed by atoms with Gasteiger partial charge < -0.3 is 5.11 Å². The summed E-state index contributed by atoms with van der Waals surface area (Å²) < 4.78 is 0. The number of aliphatic hydroxyl groups excluding tert-OH is 1. The maximum Gasteiger partial charge on any atom is 0.0594 e. The highest BCUT2D eigenvalue weighted by atomic mass is 16.3. The van der Waals surface area contributed by atoms with E-state index in [9.17, 15) is 5.11 Å². The van der Waals surface area contributed by atoms with Crippen LogP contribution in [0.15, 0.2) is 12.2 Å². The van der Waals surface area contributed by atoms with Crippen LogP contribution in [0.4, 0.5) is 0 Å². The Morgan fingerprint density at radius 2 is 1.48 bits per heavy atom. The van der Waals surface area contributed by atoms with Crippen molar-refractivity contribution in [1.82, 2.24) is 0 Å². The Morgan fingerprint density at radius 3 is 2.19 bits per heavy atom. The first kappa shape index (κ1) is 22.5. The zero-order valence-electron chi connectivity index (χ0n) is 21.7. The van der Waals surface area contributed by atoms with Crippen molar-refractivity contribution in [2.45, 2.75) is 119 Å². The summed E-state index contributed by atoms with van der Waals surface area (Å²) >= 11 is 0. The van der Waals surface area contributed by atoms with E-state index in [2.05, 4.69) is 55.0 Å². The molecule has 10 atom stereocenters. The molecule has 0 bridgehead atoms. The third-order valence-corrected chi connectivity index (χ3v) is 13.6. The summed E-state index contributed by atoms with van der Waals surface area (Å²) in [6, 6.07) is 0. The van der Waals surface area contributed by atoms with Gasteiger partial charge in [-0.3, -0.25) is 0 Å². The molecule has 0 heterocycles. The van der Waals surface area contributed by atoms with Gasteiger partial charge in [-0.15, -0.1) is 0 Å². The zero-order chi connectivity index (χ0) is 22.6. The average Bonchev–Trinajstić information content (AvgIpc) is 2.69. The van der Waals surface area contributed by atoms with Crippen molar-refractivity contribution in [1.29, 1.82) is 0 Å². The average molecular weight is 427 g/mol. The molecule has 0 spiro atoms. The van der Waals surface area contributed by atoms with Gasteiger partial charge in [0.05, 0.1) is 6.10 Å². The van der Waals surface area contributed by atoms with Crippen LogP contribution in [0.25, 0.3) is 0 Å². The van der Waals surface area contributed by atoms with Gasteiger partial charge in [0.25, 0.3) is 0 Å². The molecule has 5 aliphatic rings. The Bertz CT molecular complexity index is 766. The van der Waals surface area contributed by atoms with Crippen molar-refractivity contribution in [2.75, 3.05) is 0 Å². The number of hydrogen-bond acceptors (Lipinski definition) is 1. The molecule has 31 heavy (non-hydrogen) atoms. The predicted octanol–water partition coefficient (Wildman–Crippen LogP) is 8.02. The number of fused-ring (bicyclic) bond motifs is 7. The number of allylic oxidation sites excluding steroid dienone is 1. The second-order valence-electron chi connectivity index (χ2n) is 14.7. The van der Waals surface area contributed by atoms with E-state index in [1.165, 1.54) is 63.4 Å². The molecule has 176 valence electrons. The van der Waals surface area contributed by atoms with Gasteiger partial charge in [-0.1, -0.05) is 60.6 Å². The standard InChI is InChI=1S/C30H50O/c1-19-11-14-27(5)17-18-29(7)21(25(27)20(19)2)9-10-23-28(6)15-13-24(31)26(3,4)22(28)12-16-30(23,29)8/h20-25,31H,1,9-18H2,2-8H3/t20-,21-,22+,23-,24+,25?,27-,28+,29-,30-/m1/s1. The molecule has 5 fully saturated rings. The van der Waals surface area contributed by atoms with Crippen LogP contribution in [0.1, 0.15) is 113 Å². The van der Waals surface area contributed by atoms with Crippen molar-refractivity contribution in [3.05, 3.63) is 12.2 Å². The van der Waals surface area contributed by atoms with Crippen LogP contribution < -0.4 is 0 Å². The SMILES string of the molecule is C=C1CC[C@]2(C)CC[C@]3(C)[C@H](CC[C@@H]4[C@@]5(C)CC[C@H](O)C(C)(C)[C@@H]5CC[C@]43C)C2[C@@H]1C. The minimum Gasteiger partial charge on any atom is -0.393 e. The van der Waals surface area contributed by atoms with Crippen molar-refractivity contribution >= 4 is 0 Å². The van der Waals surface area contributed by atoms with Crippen molar-refractivity contribution < 1.29 is 5.11 Å². The van der Waals surface area contributed by atoms with Crippen LogP contribution in [-0.2, 0) is 0 Å². The van der Waals surface area contributed by atoms with Crippen molar-refractivity contribution in [3.8, 4) is 0 Å². The number of hydrogen-bond donors (Lipinski definition) is 1. The highest BCUT2D eigenvalue weighted by Crippen LogP contribution is 2.76. The molecule has 0 aromatic rings. The van der Waals surface area contributed by atoms with Gasteiger partial charge in [-0.05, 0) is 121 Å². The van der Waals surface area contributed by atoms with E-state index in [0.717, 1.165) is 24.2 Å². The first-order valence-electron chi connectivity index (χ1n) is 13.7. The second kappa shape index (κ2) is 6.64. The fourth-order valence-corrected chi connectivity index (χ4v) is 11.4. The van der Waals surface area contributed by atoms with E-state index < -0.39 is 0 Å². The number of rotatable bonds is 0. The molecule has 0 aliphatic heterocycles. The first-order chi connectivity index (χ1) is 14.3. The van der Waals surface area contributed by atoms with E-state index in [4.69, 9.17) is 0 Å². The molecule has 1 nitrogen and oxygen atoms in total. The molecule has 0 amide bonds. The zero-order valence-corrected chi connectivity index (χ0v) is 21.7. The predicted molar refractivity (Wildman–Crippen MR) is 131 cm³/mol. The molecule has 0 aromatic heterocycles. The monoisotopic (exact) mass is 426 g/mol. The molecule has 0 aromatic carbocycles. The van der Waals surface area contributed by atoms with Crippen LogP contribution in [-0.4, -0.2) is 11.2 Å². The van der Waals surface area contributed by atoms with Gasteiger partial charge in [0.15, 0.2) is 0 Å². The molecule has 1 unspecified atom stereocenters. The second-order valence-corrected chi connectivity index (χ2v) is 14.7. The summed E-state index contributed by atoms with van der Waals surface area (Å²) in [6.07, 6.45) is 13.2. The highest BCUT2D eigenvalue weighted by Gasteiger charge is 2.69. The lowest BCUT2D eigenvalue weighted by Gasteiger charge is -2.73. The van der Waals surface area contributed by atoms with E-state index in [1.54, 1.807) is 0 Å². The number of aliphatic hydroxyl groups is 1. The molecule has 5 rings (SSSR count). The van der Waals surface area contributed by atoms with E-state index >= 15 is 0 Å². The van der Waals surface area contributed by atoms with Gasteiger partial charge in [0.2, 0.25) is 0 Å². The lowest BCUT2D eigenvalue weighted by molar-refractivity contribution is -0.251. The van der Waals surface area contributed by atoms with Crippen LogP contribution in [0.3, 0.4) is 0 Å². The fraction of sp³-hybridized carbons (Fsp3) is 0.933. The smallest absolute Gasteiger partial charge is 0.0594 e. The summed E-state index contributed by atoms with van der Waals surface area (Å²) in [6.45, 7) is 22.6. The van der Waals surface area contributed by atoms with Gasteiger partial charge in [-0.2, -0.15) is 0 Å². The molecule has 1 N–H and O–H groups in total. The lowest BCUT2D eigenvalue weighted by Crippen LogP contribution is -2.67. The molecule has 5 saturated carbocycles. The van der Waals surface area contributed by atoms with Gasteiger partial charge in [0.1, 0.15) is 0 Å². The van der Waals surface area contributed by atoms with Gasteiger partial charge in [0, 0.05) is 0 Å². The van der Waals surface area contributed by atoms with E-state index in [0.29, 0.717) is 33.5 Å². The minimum absolute atomic E-state index is 0.0623. The molecule has 1 heteroatoms. The minimum atomic E-state index is -0.119.